The van der Waals surface area contributed by atoms with Gasteiger partial charge in [0.25, 0.3) is 0 Å². The third kappa shape index (κ3) is 5.58. The Balaban J connectivity index is 2.84. The summed E-state index contributed by atoms with van der Waals surface area (Å²) in [6.07, 6.45) is 1.85. The van der Waals surface area contributed by atoms with E-state index in [0.29, 0.717) is 18.8 Å². The van der Waals surface area contributed by atoms with Crippen LogP contribution < -0.4 is 10.6 Å². The van der Waals surface area contributed by atoms with Crippen molar-refractivity contribution >= 4 is 23.2 Å². The van der Waals surface area contributed by atoms with E-state index in [0.717, 1.165) is 28.9 Å². The molecule has 4 heteroatoms. The molecule has 2 N–H and O–H groups in total. The van der Waals surface area contributed by atoms with E-state index in [2.05, 4.69) is 10.6 Å². The molecule has 0 fully saturated rings. The zero-order valence-corrected chi connectivity index (χ0v) is 13.7. The van der Waals surface area contributed by atoms with E-state index in [1.54, 1.807) is 0 Å². The fourth-order valence-electron chi connectivity index (χ4n) is 2.10. The summed E-state index contributed by atoms with van der Waals surface area (Å²) in [6, 6.07) is 3.82. The first-order chi connectivity index (χ1) is 9.83. The number of nitrogens with one attached hydrogen (secondary N) is 2. The van der Waals surface area contributed by atoms with Gasteiger partial charge in [-0.1, -0.05) is 20.8 Å². The van der Waals surface area contributed by atoms with E-state index in [-0.39, 0.29) is 11.8 Å². The standard InChI is InChI=1S/C17H26N2O2/c1-6-7-16(20)18-14-9-13(5)15(10-12(14)4)19-17(21)8-11(2)3/h9-11H,6-8H2,1-5H3,(H,18,20)(H,19,21). The minimum absolute atomic E-state index is 0.0234. The topological polar surface area (TPSA) is 58.2 Å². The van der Waals surface area contributed by atoms with Gasteiger partial charge in [0.1, 0.15) is 0 Å². The number of hydrogen-bond donors (Lipinski definition) is 2. The van der Waals surface area contributed by atoms with Gasteiger partial charge in [0.2, 0.25) is 11.8 Å². The highest BCUT2D eigenvalue weighted by molar-refractivity contribution is 5.94. The largest absolute Gasteiger partial charge is 0.326 e. The lowest BCUT2D eigenvalue weighted by Crippen LogP contribution is -2.16. The maximum absolute atomic E-state index is 11.9. The van der Waals surface area contributed by atoms with Crippen molar-refractivity contribution in [1.29, 1.82) is 0 Å². The van der Waals surface area contributed by atoms with Gasteiger partial charge in [-0.25, -0.2) is 0 Å². The summed E-state index contributed by atoms with van der Waals surface area (Å²) < 4.78 is 0. The molecule has 1 aromatic rings. The summed E-state index contributed by atoms with van der Waals surface area (Å²) >= 11 is 0. The van der Waals surface area contributed by atoms with Crippen molar-refractivity contribution in [3.63, 3.8) is 0 Å². The van der Waals surface area contributed by atoms with Crippen LogP contribution in [0.5, 0.6) is 0 Å². The van der Waals surface area contributed by atoms with Crippen molar-refractivity contribution in [3.8, 4) is 0 Å². The third-order valence-electron chi connectivity index (χ3n) is 3.19. The molecule has 0 saturated heterocycles. The molecule has 4 nitrogen and oxygen atoms in total. The smallest absolute Gasteiger partial charge is 0.224 e. The van der Waals surface area contributed by atoms with E-state index >= 15 is 0 Å². The molecular weight excluding hydrogens is 264 g/mol. The maximum atomic E-state index is 11.9. The van der Waals surface area contributed by atoms with Crippen LogP contribution in [0.25, 0.3) is 0 Å². The van der Waals surface area contributed by atoms with Gasteiger partial charge in [-0.05, 0) is 49.4 Å². The molecule has 116 valence electrons. The lowest BCUT2D eigenvalue weighted by Gasteiger charge is -2.14. The molecule has 0 aromatic heterocycles. The normalized spacial score (nSPS) is 10.6. The van der Waals surface area contributed by atoms with Crippen LogP contribution in [-0.2, 0) is 9.59 Å². The first kappa shape index (κ1) is 17.2. The van der Waals surface area contributed by atoms with Gasteiger partial charge in [0.05, 0.1) is 0 Å². The maximum Gasteiger partial charge on any atom is 0.224 e. The first-order valence-corrected chi connectivity index (χ1v) is 7.54. The number of benzene rings is 1. The molecule has 0 saturated carbocycles. The monoisotopic (exact) mass is 290 g/mol. The van der Waals surface area contributed by atoms with Gasteiger partial charge in [0, 0.05) is 24.2 Å². The molecule has 0 bridgehead atoms. The van der Waals surface area contributed by atoms with Crippen LogP contribution in [0.1, 0.15) is 51.2 Å². The lowest BCUT2D eigenvalue weighted by atomic mass is 10.1. The van der Waals surface area contributed by atoms with Crippen LogP contribution in [0.2, 0.25) is 0 Å². The highest BCUT2D eigenvalue weighted by Gasteiger charge is 2.10. The summed E-state index contributed by atoms with van der Waals surface area (Å²) in [4.78, 5) is 23.5. The molecule has 21 heavy (non-hydrogen) atoms. The second-order valence-corrected chi connectivity index (χ2v) is 5.93. The highest BCUT2D eigenvalue weighted by atomic mass is 16.2. The van der Waals surface area contributed by atoms with Crippen molar-refractivity contribution in [1.82, 2.24) is 0 Å². The van der Waals surface area contributed by atoms with E-state index in [4.69, 9.17) is 0 Å². The molecule has 0 aliphatic rings. The second kappa shape index (κ2) is 7.81. The molecule has 0 aliphatic heterocycles. The van der Waals surface area contributed by atoms with E-state index in [1.165, 1.54) is 0 Å². The molecule has 2 amide bonds. The predicted octanol–water partition coefficient (Wildman–Crippen LogP) is 4.03. The van der Waals surface area contributed by atoms with Gasteiger partial charge < -0.3 is 10.6 Å². The van der Waals surface area contributed by atoms with Crippen LogP contribution in [0.4, 0.5) is 11.4 Å². The van der Waals surface area contributed by atoms with Crippen LogP contribution in [0.15, 0.2) is 12.1 Å². The van der Waals surface area contributed by atoms with E-state index < -0.39 is 0 Å². The van der Waals surface area contributed by atoms with Gasteiger partial charge in [-0.2, -0.15) is 0 Å². The predicted molar refractivity (Wildman–Crippen MR) is 87.5 cm³/mol. The molecule has 0 atom stereocenters. The number of anilines is 2. The molecule has 0 heterocycles. The molecule has 0 spiro atoms. The summed E-state index contributed by atoms with van der Waals surface area (Å²) in [5.41, 5.74) is 3.52. The fourth-order valence-corrected chi connectivity index (χ4v) is 2.10. The summed E-state index contributed by atoms with van der Waals surface area (Å²) in [7, 11) is 0. The van der Waals surface area contributed by atoms with Gasteiger partial charge >= 0.3 is 0 Å². The molecule has 1 aromatic carbocycles. The number of hydrogen-bond acceptors (Lipinski definition) is 2. The van der Waals surface area contributed by atoms with Crippen molar-refractivity contribution in [2.75, 3.05) is 10.6 Å². The molecular formula is C17H26N2O2. The van der Waals surface area contributed by atoms with Crippen LogP contribution in [-0.4, -0.2) is 11.8 Å². The number of amides is 2. The number of aryl methyl sites for hydroxylation is 2. The Labute approximate surface area is 127 Å². The SMILES string of the molecule is CCCC(=O)Nc1cc(C)c(NC(=O)CC(C)C)cc1C. The summed E-state index contributed by atoms with van der Waals surface area (Å²) in [5, 5.41) is 5.85. The van der Waals surface area contributed by atoms with Crippen LogP contribution >= 0.6 is 0 Å². The Hall–Kier alpha value is -1.84. The second-order valence-electron chi connectivity index (χ2n) is 5.93. The average Bonchev–Trinajstić information content (AvgIpc) is 2.34. The Morgan fingerprint density at radius 2 is 1.48 bits per heavy atom. The molecule has 1 rings (SSSR count). The van der Waals surface area contributed by atoms with E-state index in [9.17, 15) is 9.59 Å². The zero-order valence-electron chi connectivity index (χ0n) is 13.7. The minimum Gasteiger partial charge on any atom is -0.326 e. The third-order valence-corrected chi connectivity index (χ3v) is 3.19. The number of rotatable bonds is 6. The fraction of sp³-hybridized carbons (Fsp3) is 0.529. The Bertz CT molecular complexity index is 522. The van der Waals surface area contributed by atoms with Gasteiger partial charge in [0.15, 0.2) is 0 Å². The number of carbonyl (C=O) groups excluding carboxylic acids is 2. The molecule has 0 unspecified atom stereocenters. The van der Waals surface area contributed by atoms with Crippen molar-refractivity contribution < 1.29 is 9.59 Å². The highest BCUT2D eigenvalue weighted by Crippen LogP contribution is 2.25. The molecule has 0 aliphatic carbocycles. The Morgan fingerprint density at radius 1 is 1.00 bits per heavy atom. The Morgan fingerprint density at radius 3 is 1.90 bits per heavy atom. The molecule has 0 radical (unpaired) electrons. The van der Waals surface area contributed by atoms with Gasteiger partial charge in [-0.3, -0.25) is 9.59 Å². The lowest BCUT2D eigenvalue weighted by molar-refractivity contribution is -0.117. The first-order valence-electron chi connectivity index (χ1n) is 7.54. The summed E-state index contributed by atoms with van der Waals surface area (Å²) in [5.74, 6) is 0.380. The van der Waals surface area contributed by atoms with Crippen LogP contribution in [0.3, 0.4) is 0 Å². The zero-order chi connectivity index (χ0) is 16.0. The van der Waals surface area contributed by atoms with Crippen LogP contribution in [0, 0.1) is 19.8 Å². The quantitative estimate of drug-likeness (QED) is 0.831. The summed E-state index contributed by atoms with van der Waals surface area (Å²) in [6.45, 7) is 9.87. The average molecular weight is 290 g/mol. The minimum atomic E-state index is 0.0234. The van der Waals surface area contributed by atoms with E-state index in [1.807, 2.05) is 46.8 Å². The number of carbonyl (C=O) groups is 2. The van der Waals surface area contributed by atoms with Crippen molar-refractivity contribution in [3.05, 3.63) is 23.3 Å². The van der Waals surface area contributed by atoms with Crippen molar-refractivity contribution in [2.24, 2.45) is 5.92 Å². The van der Waals surface area contributed by atoms with Gasteiger partial charge in [-0.15, -0.1) is 0 Å². The Kier molecular flexibility index (Phi) is 6.40. The van der Waals surface area contributed by atoms with Crippen molar-refractivity contribution in [2.45, 2.75) is 53.9 Å².